The van der Waals surface area contributed by atoms with Crippen LogP contribution in [-0.2, 0) is 0 Å². The van der Waals surface area contributed by atoms with Crippen LogP contribution in [0.5, 0.6) is 0 Å². The molecule has 278 valence electrons. The molecule has 0 N–H and O–H groups in total. The molecular formula is C54H40N2OS. The highest BCUT2D eigenvalue weighted by molar-refractivity contribution is 8.01. The number of para-hydroxylation sites is 1. The first-order valence-corrected chi connectivity index (χ1v) is 21.2. The lowest BCUT2D eigenvalue weighted by Gasteiger charge is -2.31. The summed E-state index contributed by atoms with van der Waals surface area (Å²) in [6.45, 7) is 2.26. The SMILES string of the molecule is CCC1C(c2ccccc2)=NC(c2ccc(-c3ccccc3)cc2)=NC1c1cccc2oc3c(C4=CC=C5c6ccccc6SC5C4c4ccccc4)cccc3c12. The van der Waals surface area contributed by atoms with E-state index in [1.54, 1.807) is 0 Å². The predicted octanol–water partition coefficient (Wildman–Crippen LogP) is 14.0. The Labute approximate surface area is 343 Å². The first kappa shape index (κ1) is 34.7. The largest absolute Gasteiger partial charge is 0.455 e. The zero-order valence-corrected chi connectivity index (χ0v) is 32.9. The quantitative estimate of drug-likeness (QED) is 0.162. The molecule has 1 aromatic heterocycles. The summed E-state index contributed by atoms with van der Waals surface area (Å²) in [7, 11) is 0. The van der Waals surface area contributed by atoms with Gasteiger partial charge in [-0.25, -0.2) is 4.99 Å². The first-order valence-electron chi connectivity index (χ1n) is 20.3. The van der Waals surface area contributed by atoms with Gasteiger partial charge in [0.05, 0.1) is 11.8 Å². The number of fused-ring (bicyclic) bond motifs is 6. The average Bonchev–Trinajstić information content (AvgIpc) is 3.88. The lowest BCUT2D eigenvalue weighted by molar-refractivity contribution is 0.535. The number of hydrogen-bond donors (Lipinski definition) is 0. The van der Waals surface area contributed by atoms with Crippen LogP contribution in [0.1, 0.15) is 58.7 Å². The van der Waals surface area contributed by atoms with Gasteiger partial charge in [0.2, 0.25) is 0 Å². The van der Waals surface area contributed by atoms with Gasteiger partial charge in [-0.05, 0) is 63.1 Å². The Morgan fingerprint density at radius 3 is 1.98 bits per heavy atom. The third-order valence-electron chi connectivity index (χ3n) is 12.2. The number of benzene rings is 7. The maximum Gasteiger partial charge on any atom is 0.155 e. The third-order valence-corrected chi connectivity index (χ3v) is 13.6. The van der Waals surface area contributed by atoms with Crippen LogP contribution in [-0.4, -0.2) is 16.8 Å². The Balaban J connectivity index is 1.07. The van der Waals surface area contributed by atoms with Gasteiger partial charge in [0.1, 0.15) is 11.2 Å². The molecule has 2 aliphatic heterocycles. The van der Waals surface area contributed by atoms with Crippen molar-refractivity contribution in [2.24, 2.45) is 15.9 Å². The molecule has 0 fully saturated rings. The van der Waals surface area contributed by atoms with Gasteiger partial charge in [0, 0.05) is 43.9 Å². The molecule has 0 bridgehead atoms. The van der Waals surface area contributed by atoms with Gasteiger partial charge in [0.15, 0.2) is 5.84 Å². The van der Waals surface area contributed by atoms with Gasteiger partial charge in [0.25, 0.3) is 0 Å². The highest BCUT2D eigenvalue weighted by Crippen LogP contribution is 2.57. The van der Waals surface area contributed by atoms with Gasteiger partial charge in [-0.1, -0.05) is 183 Å². The highest BCUT2D eigenvalue weighted by atomic mass is 32.2. The molecule has 8 aromatic rings. The first-order chi connectivity index (χ1) is 28.7. The van der Waals surface area contributed by atoms with E-state index in [1.807, 2.05) is 11.8 Å². The van der Waals surface area contributed by atoms with Gasteiger partial charge in [-0.15, -0.1) is 11.8 Å². The second-order valence-electron chi connectivity index (χ2n) is 15.4. The van der Waals surface area contributed by atoms with Gasteiger partial charge in [-0.2, -0.15) is 0 Å². The van der Waals surface area contributed by atoms with Crippen molar-refractivity contribution in [3.63, 3.8) is 0 Å². The molecule has 0 spiro atoms. The summed E-state index contributed by atoms with van der Waals surface area (Å²) >= 11 is 1.99. The van der Waals surface area contributed by atoms with E-state index in [-0.39, 0.29) is 23.1 Å². The van der Waals surface area contributed by atoms with Crippen LogP contribution in [0.15, 0.2) is 207 Å². The molecule has 0 saturated carbocycles. The molecule has 11 rings (SSSR count). The van der Waals surface area contributed by atoms with Gasteiger partial charge < -0.3 is 4.42 Å². The average molecular weight is 765 g/mol. The minimum Gasteiger partial charge on any atom is -0.455 e. The Kier molecular flexibility index (Phi) is 8.66. The summed E-state index contributed by atoms with van der Waals surface area (Å²) in [4.78, 5) is 12.3. The lowest BCUT2D eigenvalue weighted by atomic mass is 9.77. The third kappa shape index (κ3) is 5.82. The summed E-state index contributed by atoms with van der Waals surface area (Å²) in [5, 5.41) is 2.52. The Bertz CT molecular complexity index is 2960. The summed E-state index contributed by atoms with van der Waals surface area (Å²) in [5.74, 6) is 0.987. The van der Waals surface area contributed by atoms with Crippen molar-refractivity contribution in [2.45, 2.75) is 35.4 Å². The van der Waals surface area contributed by atoms with E-state index in [1.165, 1.54) is 43.9 Å². The molecule has 3 aliphatic rings. The minimum atomic E-state index is -0.167. The van der Waals surface area contributed by atoms with Crippen molar-refractivity contribution in [2.75, 3.05) is 0 Å². The van der Waals surface area contributed by atoms with E-state index in [2.05, 4.69) is 195 Å². The number of rotatable bonds is 7. The van der Waals surface area contributed by atoms with E-state index in [0.29, 0.717) is 0 Å². The summed E-state index contributed by atoms with van der Waals surface area (Å²) in [5.41, 5.74) is 15.1. The van der Waals surface area contributed by atoms with Crippen molar-refractivity contribution in [1.82, 2.24) is 0 Å². The van der Waals surface area contributed by atoms with Crippen LogP contribution in [0, 0.1) is 5.92 Å². The van der Waals surface area contributed by atoms with Crippen LogP contribution in [0.4, 0.5) is 0 Å². The molecule has 4 unspecified atom stereocenters. The maximum atomic E-state index is 7.03. The van der Waals surface area contributed by atoms with Crippen LogP contribution in [0.2, 0.25) is 0 Å². The molecule has 4 atom stereocenters. The maximum absolute atomic E-state index is 7.03. The van der Waals surface area contributed by atoms with E-state index in [9.17, 15) is 0 Å². The molecule has 0 amide bonds. The van der Waals surface area contributed by atoms with Crippen molar-refractivity contribution >= 4 is 56.4 Å². The molecule has 4 heteroatoms. The molecule has 7 aromatic carbocycles. The van der Waals surface area contributed by atoms with Crippen molar-refractivity contribution < 1.29 is 4.42 Å². The van der Waals surface area contributed by atoms with Crippen molar-refractivity contribution in [1.29, 1.82) is 0 Å². The zero-order chi connectivity index (χ0) is 38.6. The van der Waals surface area contributed by atoms with Crippen molar-refractivity contribution in [3.8, 4) is 11.1 Å². The monoisotopic (exact) mass is 764 g/mol. The molecule has 1 aliphatic carbocycles. The fourth-order valence-electron chi connectivity index (χ4n) is 9.43. The van der Waals surface area contributed by atoms with Crippen LogP contribution in [0.3, 0.4) is 0 Å². The predicted molar refractivity (Wildman–Crippen MR) is 243 cm³/mol. The molecule has 58 heavy (non-hydrogen) atoms. The second-order valence-corrected chi connectivity index (χ2v) is 16.6. The number of furan rings is 1. The highest BCUT2D eigenvalue weighted by Gasteiger charge is 2.40. The summed E-state index contributed by atoms with van der Waals surface area (Å²) < 4.78 is 7.03. The van der Waals surface area contributed by atoms with Crippen LogP contribution < -0.4 is 0 Å². The van der Waals surface area contributed by atoms with E-state index >= 15 is 0 Å². The summed E-state index contributed by atoms with van der Waals surface area (Å²) in [6.07, 6.45) is 5.60. The minimum absolute atomic E-state index is 0.0709. The Hall–Kier alpha value is -6.49. The Morgan fingerprint density at radius 2 is 1.21 bits per heavy atom. The number of amidine groups is 1. The second kappa shape index (κ2) is 14.5. The van der Waals surface area contributed by atoms with E-state index < -0.39 is 0 Å². The number of hydrogen-bond acceptors (Lipinski definition) is 4. The molecule has 0 radical (unpaired) electrons. The van der Waals surface area contributed by atoms with E-state index in [0.717, 1.165) is 56.6 Å². The zero-order valence-electron chi connectivity index (χ0n) is 32.1. The summed E-state index contributed by atoms with van der Waals surface area (Å²) in [6, 6.07) is 62.8. The van der Waals surface area contributed by atoms with Crippen LogP contribution >= 0.6 is 11.8 Å². The molecular weight excluding hydrogens is 725 g/mol. The number of aliphatic imine (C=N–C) groups is 2. The van der Waals surface area contributed by atoms with Gasteiger partial charge >= 0.3 is 0 Å². The molecule has 3 nitrogen and oxygen atoms in total. The van der Waals surface area contributed by atoms with E-state index in [4.69, 9.17) is 14.4 Å². The number of allylic oxidation sites excluding steroid dienone is 3. The fraction of sp³-hybridized carbons (Fsp3) is 0.111. The normalized spacial score (nSPS) is 19.9. The Morgan fingerprint density at radius 1 is 0.569 bits per heavy atom. The van der Waals surface area contributed by atoms with Crippen molar-refractivity contribution in [3.05, 3.63) is 221 Å². The number of thioether (sulfide) groups is 1. The van der Waals surface area contributed by atoms with Crippen LogP contribution in [0.25, 0.3) is 44.2 Å². The number of nitrogens with zero attached hydrogens (tertiary/aromatic N) is 2. The lowest BCUT2D eigenvalue weighted by Crippen LogP contribution is -2.28. The van der Waals surface area contributed by atoms with Gasteiger partial charge in [-0.3, -0.25) is 4.99 Å². The molecule has 3 heterocycles. The topological polar surface area (TPSA) is 37.9 Å². The fourth-order valence-corrected chi connectivity index (χ4v) is 10.9. The standard InChI is InChI=1S/C54H40N2OS/c1-2-39-50(37-20-10-5-11-21-37)55-54(38-30-28-35(29-31-38)34-16-6-3-7-17-34)56-51(39)44-24-15-26-46-49(44)45-25-14-23-42(52(45)57-46)41-32-33-43-40-22-12-13-27-47(40)58-53(43)48(41)36-18-8-4-9-19-36/h3-33,39,48,51,53H,2H2,1H3. The smallest absolute Gasteiger partial charge is 0.155 e. The molecule has 0 saturated heterocycles.